The molecule has 0 atom stereocenters. The van der Waals surface area contributed by atoms with Crippen molar-refractivity contribution in [1.82, 2.24) is 4.57 Å². The maximum Gasteiger partial charge on any atom is 0.0714 e. The van der Waals surface area contributed by atoms with Crippen LogP contribution < -0.4 is 9.80 Å². The van der Waals surface area contributed by atoms with Crippen LogP contribution in [-0.4, -0.2) is 4.57 Å². The van der Waals surface area contributed by atoms with Gasteiger partial charge in [0.2, 0.25) is 0 Å². The Morgan fingerprint density at radius 2 is 0.872 bits per heavy atom. The maximum atomic E-state index is 9.79. The molecular weight excluding hydrogens is 943 g/mol. The summed E-state index contributed by atoms with van der Waals surface area (Å²) in [5.74, 6) is 0. The lowest BCUT2D eigenvalue weighted by Crippen LogP contribution is -2.28. The minimum atomic E-state index is -0.586. The van der Waals surface area contributed by atoms with Crippen LogP contribution in [0.2, 0.25) is 0 Å². The summed E-state index contributed by atoms with van der Waals surface area (Å²) in [6.45, 7) is 0. The van der Waals surface area contributed by atoms with Crippen molar-refractivity contribution in [3.8, 4) is 27.9 Å². The first-order valence-corrected chi connectivity index (χ1v) is 26.6. The zero-order valence-electron chi connectivity index (χ0n) is 46.5. The second-order valence-electron chi connectivity index (χ2n) is 20.1. The molecule has 0 bridgehead atoms. The molecule has 3 nitrogen and oxygen atoms in total. The molecule has 3 heteroatoms. The summed E-state index contributed by atoms with van der Waals surface area (Å²) in [4.78, 5) is 4.24. The molecule has 0 spiro atoms. The van der Waals surface area contributed by atoms with Crippen molar-refractivity contribution in [2.45, 2.75) is 5.41 Å². The van der Waals surface area contributed by atoms with Gasteiger partial charge in [-0.05, 0) is 158 Å². The van der Waals surface area contributed by atoms with Gasteiger partial charge >= 0.3 is 0 Å². The summed E-state index contributed by atoms with van der Waals surface area (Å²) < 4.78 is 41.3. The number of benzene rings is 13. The summed E-state index contributed by atoms with van der Waals surface area (Å²) in [5.41, 5.74) is 15.3. The van der Waals surface area contributed by atoms with Gasteiger partial charge in [0.1, 0.15) is 0 Å². The topological polar surface area (TPSA) is 11.4 Å². The Morgan fingerprint density at radius 1 is 0.308 bits per heavy atom. The van der Waals surface area contributed by atoms with Crippen molar-refractivity contribution < 1.29 is 5.48 Å². The largest absolute Gasteiger partial charge is 0.310 e. The fourth-order valence-corrected chi connectivity index (χ4v) is 12.4. The molecule has 78 heavy (non-hydrogen) atoms. The molecule has 1 aliphatic carbocycles. The molecule has 1 aliphatic rings. The van der Waals surface area contributed by atoms with E-state index in [1.54, 1.807) is 0 Å². The Kier molecular flexibility index (Phi) is 9.77. The Bertz CT molecular complexity index is 4740. The number of hydrogen-bond acceptors (Lipinski definition) is 2. The number of nitrogens with zero attached hydrogens (tertiary/aromatic N) is 3. The van der Waals surface area contributed by atoms with Crippen LogP contribution in [-0.2, 0) is 5.41 Å². The normalized spacial score (nSPS) is 13.2. The second kappa shape index (κ2) is 18.6. The van der Waals surface area contributed by atoms with Crippen LogP contribution in [0.1, 0.15) is 27.7 Å². The average molecular weight is 998 g/mol. The molecule has 366 valence electrons. The van der Waals surface area contributed by atoms with E-state index in [1.807, 2.05) is 83.8 Å². The third-order valence-electron chi connectivity index (χ3n) is 15.9. The van der Waals surface area contributed by atoms with Gasteiger partial charge in [0.25, 0.3) is 0 Å². The van der Waals surface area contributed by atoms with Gasteiger partial charge < -0.3 is 14.4 Å². The van der Waals surface area contributed by atoms with Gasteiger partial charge in [0.05, 0.1) is 27.6 Å². The predicted molar refractivity (Wildman–Crippen MR) is 328 cm³/mol. The quantitative estimate of drug-likeness (QED) is 0.135. The maximum absolute atomic E-state index is 9.79. The first-order valence-electron chi connectivity index (χ1n) is 28.6. The van der Waals surface area contributed by atoms with E-state index in [0.29, 0.717) is 5.56 Å². The van der Waals surface area contributed by atoms with E-state index in [-0.39, 0.29) is 35.4 Å². The van der Waals surface area contributed by atoms with Gasteiger partial charge in [0.15, 0.2) is 0 Å². The Morgan fingerprint density at radius 3 is 1.65 bits per heavy atom. The van der Waals surface area contributed by atoms with E-state index in [0.717, 1.165) is 77.5 Å². The summed E-state index contributed by atoms with van der Waals surface area (Å²) in [6, 6.07) is 99.2. The molecule has 0 amide bonds. The number of rotatable bonds is 10. The van der Waals surface area contributed by atoms with E-state index in [4.69, 9.17) is 0 Å². The minimum absolute atomic E-state index is 0.113. The van der Waals surface area contributed by atoms with E-state index < -0.39 is 5.41 Å². The number of hydrogen-bond donors (Lipinski definition) is 0. The van der Waals surface area contributed by atoms with Gasteiger partial charge in [-0.25, -0.2) is 0 Å². The highest BCUT2D eigenvalue weighted by Gasteiger charge is 2.46. The smallest absolute Gasteiger partial charge is 0.0714 e. The summed E-state index contributed by atoms with van der Waals surface area (Å²) in [5, 5.41) is 6.21. The van der Waals surface area contributed by atoms with Crippen LogP contribution in [0.15, 0.2) is 309 Å². The van der Waals surface area contributed by atoms with Crippen molar-refractivity contribution in [3.05, 3.63) is 332 Å². The van der Waals surface area contributed by atoms with E-state index in [2.05, 4.69) is 216 Å². The first kappa shape index (κ1) is 41.1. The second-order valence-corrected chi connectivity index (χ2v) is 20.1. The molecule has 0 saturated carbocycles. The fourth-order valence-electron chi connectivity index (χ4n) is 12.4. The molecule has 0 radical (unpaired) electrons. The lowest BCUT2D eigenvalue weighted by molar-refractivity contribution is 0.768. The first-order chi connectivity index (χ1) is 40.4. The fraction of sp³-hybridized carbons (Fsp3) is 0.0133. The molecule has 0 N–H and O–H groups in total. The van der Waals surface area contributed by atoms with Crippen molar-refractivity contribution in [2.75, 3.05) is 9.80 Å². The molecule has 0 unspecified atom stereocenters. The van der Waals surface area contributed by atoms with Gasteiger partial charge in [0, 0.05) is 50.3 Å². The molecule has 13 aromatic carbocycles. The van der Waals surface area contributed by atoms with E-state index in [1.165, 1.54) is 33.4 Å². The summed E-state index contributed by atoms with van der Waals surface area (Å²) >= 11 is 0. The Labute approximate surface area is 460 Å². The number of para-hydroxylation sites is 3. The van der Waals surface area contributed by atoms with Crippen LogP contribution in [0.5, 0.6) is 0 Å². The Balaban J connectivity index is 0.859. The highest BCUT2D eigenvalue weighted by Crippen LogP contribution is 2.57. The SMILES string of the molecule is [2H]c1c([2H])c(N(c2ccccc2)c2ccc3c(c2)c2ccccc2n3-c2ccccc2)c([2H])c([2H])c1-c1ccc2cc(N(c3ccc4c(c3)C(c3ccccc3)(c3ccccc3)c3ccccc3-4)c3cccc4ccccc34)ccc2c1. The van der Waals surface area contributed by atoms with E-state index >= 15 is 0 Å². The summed E-state index contributed by atoms with van der Waals surface area (Å²) in [7, 11) is 0. The van der Waals surface area contributed by atoms with Gasteiger partial charge in [-0.3, -0.25) is 0 Å². The van der Waals surface area contributed by atoms with Gasteiger partial charge in [-0.15, -0.1) is 0 Å². The van der Waals surface area contributed by atoms with Crippen molar-refractivity contribution in [3.63, 3.8) is 0 Å². The monoisotopic (exact) mass is 997 g/mol. The molecule has 0 saturated heterocycles. The number of fused-ring (bicyclic) bond motifs is 8. The standard InChI is InChI=1S/C75H51N3/c1-5-22-57(23-6-1)75(58-24-7-2-8-25-58)70-33-17-15-31-66(70)67-46-44-64(51-71(67)75)77(72-35-19-21-53-20-13-14-30-65(53)72)62-43-40-55-48-54(36-37-56(55)49-62)52-38-41-61(42-39-52)76(59-26-9-3-10-27-59)63-45-47-74-69(50-63)68-32-16-18-34-73(68)78(74)60-28-11-4-12-29-60/h1-51H/i38D,39D,41D,42D. The van der Waals surface area contributed by atoms with Crippen LogP contribution >= 0.6 is 0 Å². The summed E-state index contributed by atoms with van der Waals surface area (Å²) in [6.07, 6.45) is 0. The third-order valence-corrected chi connectivity index (χ3v) is 15.9. The lowest BCUT2D eigenvalue weighted by atomic mass is 9.67. The third kappa shape index (κ3) is 7.28. The number of aromatic nitrogens is 1. The van der Waals surface area contributed by atoms with Crippen LogP contribution in [0, 0.1) is 0 Å². The highest BCUT2D eigenvalue weighted by atomic mass is 15.1. The van der Waals surface area contributed by atoms with Crippen molar-refractivity contribution in [1.29, 1.82) is 0 Å². The molecule has 1 heterocycles. The zero-order valence-corrected chi connectivity index (χ0v) is 42.5. The molecule has 0 aliphatic heterocycles. The zero-order chi connectivity index (χ0) is 55.1. The van der Waals surface area contributed by atoms with Crippen LogP contribution in [0.4, 0.5) is 34.1 Å². The number of anilines is 6. The van der Waals surface area contributed by atoms with Gasteiger partial charge in [-0.2, -0.15) is 0 Å². The predicted octanol–water partition coefficient (Wildman–Crippen LogP) is 20.1. The minimum Gasteiger partial charge on any atom is -0.310 e. The molecule has 15 rings (SSSR count). The molecule has 1 aromatic heterocycles. The van der Waals surface area contributed by atoms with Crippen molar-refractivity contribution >= 4 is 77.5 Å². The lowest BCUT2D eigenvalue weighted by Gasteiger charge is -2.35. The highest BCUT2D eigenvalue weighted by molar-refractivity contribution is 6.11. The van der Waals surface area contributed by atoms with E-state index in [9.17, 15) is 5.48 Å². The molecule has 14 aromatic rings. The van der Waals surface area contributed by atoms with Crippen molar-refractivity contribution in [2.24, 2.45) is 0 Å². The van der Waals surface area contributed by atoms with Crippen LogP contribution in [0.25, 0.3) is 71.3 Å². The van der Waals surface area contributed by atoms with Crippen LogP contribution in [0.3, 0.4) is 0 Å². The average Bonchev–Trinajstić information content (AvgIpc) is 2.19. The molecule has 0 fully saturated rings. The Hall–Kier alpha value is -10.2. The molecular formula is C75H51N3. The van der Waals surface area contributed by atoms with Gasteiger partial charge in [-0.1, -0.05) is 212 Å².